The molecule has 2 aromatic heterocycles. The molecule has 1 fully saturated rings. The number of likely N-dealkylation sites (N-methyl/N-ethyl adjacent to an activating group) is 1. The van der Waals surface area contributed by atoms with E-state index in [1.165, 1.54) is 0 Å². The molecule has 0 spiro atoms. The molecule has 6 heteroatoms. The van der Waals surface area contributed by atoms with Crippen LogP contribution in [0.5, 0.6) is 0 Å². The Balaban J connectivity index is 1.80. The Morgan fingerprint density at radius 3 is 3.22 bits per heavy atom. The van der Waals surface area contributed by atoms with E-state index in [1.54, 1.807) is 12.5 Å². The zero-order valence-corrected chi connectivity index (χ0v) is 10.9. The zero-order valence-electron chi connectivity index (χ0n) is 10.1. The van der Waals surface area contributed by atoms with Crippen LogP contribution >= 0.6 is 11.8 Å². The standard InChI is InChI=1S/C12H15N3O2S/c1-2-13-10-7-18-6-9(10)12-14-11(15-17-12)8-3-4-16-5-8/h3-5,9-10,13H,2,6-7H2,1H3. The minimum atomic E-state index is 0.308. The van der Waals surface area contributed by atoms with Crippen molar-refractivity contribution in [2.24, 2.45) is 0 Å². The Morgan fingerprint density at radius 2 is 2.44 bits per heavy atom. The zero-order chi connectivity index (χ0) is 12.4. The van der Waals surface area contributed by atoms with Gasteiger partial charge in [0, 0.05) is 17.5 Å². The average Bonchev–Trinajstić information content (AvgIpc) is 3.10. The van der Waals surface area contributed by atoms with Gasteiger partial charge in [0.1, 0.15) is 6.26 Å². The Bertz CT molecular complexity index is 497. The van der Waals surface area contributed by atoms with Gasteiger partial charge in [0.25, 0.3) is 0 Å². The largest absolute Gasteiger partial charge is 0.472 e. The molecule has 0 aliphatic carbocycles. The van der Waals surface area contributed by atoms with Gasteiger partial charge in [-0.1, -0.05) is 12.1 Å². The van der Waals surface area contributed by atoms with Crippen molar-refractivity contribution in [3.05, 3.63) is 24.5 Å². The molecule has 1 N–H and O–H groups in total. The van der Waals surface area contributed by atoms with Crippen LogP contribution in [0.3, 0.4) is 0 Å². The molecule has 3 rings (SSSR count). The number of hydrogen-bond donors (Lipinski definition) is 1. The van der Waals surface area contributed by atoms with Gasteiger partial charge in [-0.2, -0.15) is 16.7 Å². The van der Waals surface area contributed by atoms with Crippen LogP contribution in [0.4, 0.5) is 0 Å². The summed E-state index contributed by atoms with van der Waals surface area (Å²) in [5, 5.41) is 7.48. The summed E-state index contributed by atoms with van der Waals surface area (Å²) >= 11 is 1.92. The summed E-state index contributed by atoms with van der Waals surface area (Å²) in [4.78, 5) is 4.48. The maximum Gasteiger partial charge on any atom is 0.232 e. The fourth-order valence-electron chi connectivity index (χ4n) is 2.16. The van der Waals surface area contributed by atoms with E-state index in [0.717, 1.165) is 29.5 Å². The lowest BCUT2D eigenvalue weighted by Gasteiger charge is -2.15. The molecule has 2 aromatic rings. The molecule has 1 aliphatic rings. The van der Waals surface area contributed by atoms with E-state index >= 15 is 0 Å². The number of rotatable bonds is 4. The SMILES string of the molecule is CCNC1CSCC1c1nc(-c2ccoc2)no1. The third kappa shape index (κ3) is 2.18. The molecule has 96 valence electrons. The van der Waals surface area contributed by atoms with E-state index in [1.807, 2.05) is 17.8 Å². The molecule has 18 heavy (non-hydrogen) atoms. The summed E-state index contributed by atoms with van der Waals surface area (Å²) in [5.74, 6) is 3.77. The van der Waals surface area contributed by atoms with E-state index in [4.69, 9.17) is 8.94 Å². The molecule has 1 aliphatic heterocycles. The lowest BCUT2D eigenvalue weighted by atomic mass is 10.0. The Labute approximate surface area is 109 Å². The van der Waals surface area contributed by atoms with Gasteiger partial charge in [0.15, 0.2) is 0 Å². The number of aromatic nitrogens is 2. The topological polar surface area (TPSA) is 64.1 Å². The summed E-state index contributed by atoms with van der Waals surface area (Å²) in [5.41, 5.74) is 0.857. The van der Waals surface area contributed by atoms with Crippen LogP contribution in [0.1, 0.15) is 18.7 Å². The molecule has 2 unspecified atom stereocenters. The first-order chi connectivity index (χ1) is 8.88. The number of nitrogens with one attached hydrogen (secondary N) is 1. The molecule has 0 radical (unpaired) electrons. The van der Waals surface area contributed by atoms with Crippen LogP contribution in [-0.4, -0.2) is 34.2 Å². The second-order valence-electron chi connectivity index (χ2n) is 4.28. The monoisotopic (exact) mass is 265 g/mol. The predicted molar refractivity (Wildman–Crippen MR) is 69.5 cm³/mol. The summed E-state index contributed by atoms with van der Waals surface area (Å²) in [6, 6.07) is 2.26. The maximum absolute atomic E-state index is 5.39. The molecule has 2 atom stereocenters. The van der Waals surface area contributed by atoms with Gasteiger partial charge in [-0.15, -0.1) is 0 Å². The average molecular weight is 265 g/mol. The van der Waals surface area contributed by atoms with Crippen LogP contribution in [-0.2, 0) is 0 Å². The van der Waals surface area contributed by atoms with E-state index in [9.17, 15) is 0 Å². The predicted octanol–water partition coefficient (Wildman–Crippen LogP) is 2.14. The van der Waals surface area contributed by atoms with E-state index in [2.05, 4.69) is 22.4 Å². The molecule has 0 amide bonds. The molecule has 3 heterocycles. The molecule has 0 aromatic carbocycles. The number of thioether (sulfide) groups is 1. The first-order valence-corrected chi connectivity index (χ1v) is 7.21. The van der Waals surface area contributed by atoms with Crippen molar-refractivity contribution >= 4 is 11.8 Å². The number of furan rings is 1. The highest BCUT2D eigenvalue weighted by Gasteiger charge is 2.33. The Kier molecular flexibility index (Phi) is 3.38. The number of nitrogens with zero attached hydrogens (tertiary/aromatic N) is 2. The van der Waals surface area contributed by atoms with Gasteiger partial charge in [-0.25, -0.2) is 0 Å². The van der Waals surface area contributed by atoms with E-state index in [-0.39, 0.29) is 0 Å². The normalized spacial score (nSPS) is 23.6. The van der Waals surface area contributed by atoms with E-state index < -0.39 is 0 Å². The molecule has 5 nitrogen and oxygen atoms in total. The minimum absolute atomic E-state index is 0.308. The van der Waals surface area contributed by atoms with Gasteiger partial charge in [-0.3, -0.25) is 0 Å². The molecule has 1 saturated heterocycles. The lowest BCUT2D eigenvalue weighted by molar-refractivity contribution is 0.340. The summed E-state index contributed by atoms with van der Waals surface area (Å²) in [7, 11) is 0. The van der Waals surface area contributed by atoms with Gasteiger partial charge in [0.05, 0.1) is 17.7 Å². The van der Waals surface area contributed by atoms with Crippen molar-refractivity contribution in [2.45, 2.75) is 18.9 Å². The van der Waals surface area contributed by atoms with Crippen LogP contribution in [0.2, 0.25) is 0 Å². The van der Waals surface area contributed by atoms with Gasteiger partial charge in [0.2, 0.25) is 11.7 Å². The summed E-state index contributed by atoms with van der Waals surface area (Å²) in [6.45, 7) is 3.08. The maximum atomic E-state index is 5.39. The first-order valence-electron chi connectivity index (χ1n) is 6.05. The van der Waals surface area contributed by atoms with Gasteiger partial charge >= 0.3 is 0 Å². The Hall–Kier alpha value is -1.27. The van der Waals surface area contributed by atoms with Crippen LogP contribution < -0.4 is 5.32 Å². The van der Waals surface area contributed by atoms with Crippen molar-refractivity contribution < 1.29 is 8.94 Å². The second-order valence-corrected chi connectivity index (χ2v) is 5.35. The van der Waals surface area contributed by atoms with Crippen molar-refractivity contribution in [2.75, 3.05) is 18.1 Å². The lowest BCUT2D eigenvalue weighted by Crippen LogP contribution is -2.34. The van der Waals surface area contributed by atoms with Crippen LogP contribution in [0.25, 0.3) is 11.4 Å². The smallest absolute Gasteiger partial charge is 0.232 e. The third-order valence-electron chi connectivity index (χ3n) is 3.09. The summed E-state index contributed by atoms with van der Waals surface area (Å²) in [6.07, 6.45) is 3.23. The van der Waals surface area contributed by atoms with Crippen LogP contribution in [0, 0.1) is 0 Å². The van der Waals surface area contributed by atoms with Crippen molar-refractivity contribution in [3.8, 4) is 11.4 Å². The molecular weight excluding hydrogens is 250 g/mol. The van der Waals surface area contributed by atoms with Crippen LogP contribution in [0.15, 0.2) is 27.5 Å². The number of hydrogen-bond acceptors (Lipinski definition) is 6. The highest BCUT2D eigenvalue weighted by molar-refractivity contribution is 7.99. The van der Waals surface area contributed by atoms with E-state index in [0.29, 0.717) is 17.8 Å². The second kappa shape index (κ2) is 5.16. The molecular formula is C12H15N3O2S. The highest BCUT2D eigenvalue weighted by atomic mass is 32.2. The van der Waals surface area contributed by atoms with Crippen molar-refractivity contribution in [1.29, 1.82) is 0 Å². The fourth-order valence-corrected chi connectivity index (χ4v) is 3.52. The quantitative estimate of drug-likeness (QED) is 0.913. The minimum Gasteiger partial charge on any atom is -0.472 e. The molecule has 0 saturated carbocycles. The van der Waals surface area contributed by atoms with Crippen molar-refractivity contribution in [1.82, 2.24) is 15.5 Å². The first kappa shape index (κ1) is 11.8. The van der Waals surface area contributed by atoms with Gasteiger partial charge < -0.3 is 14.3 Å². The Morgan fingerprint density at radius 1 is 1.50 bits per heavy atom. The van der Waals surface area contributed by atoms with Crippen molar-refractivity contribution in [3.63, 3.8) is 0 Å². The molecule has 0 bridgehead atoms. The summed E-state index contributed by atoms with van der Waals surface area (Å²) < 4.78 is 10.4. The van der Waals surface area contributed by atoms with Gasteiger partial charge in [-0.05, 0) is 12.6 Å². The third-order valence-corrected chi connectivity index (χ3v) is 4.27. The highest BCUT2D eigenvalue weighted by Crippen LogP contribution is 2.32. The fraction of sp³-hybridized carbons (Fsp3) is 0.500.